The Hall–Kier alpha value is -5.96. The molecule has 1 aromatic heterocycles. The normalized spacial score (nSPS) is 18.8. The van der Waals surface area contributed by atoms with Crippen LogP contribution < -0.4 is 16.4 Å². The van der Waals surface area contributed by atoms with Gasteiger partial charge in [0.05, 0.1) is 32.5 Å². The molecule has 0 aliphatic carbocycles. The summed E-state index contributed by atoms with van der Waals surface area (Å²) >= 11 is 0. The number of aliphatic imine (C=N–C) groups is 1. The smallest absolute Gasteiger partial charge is 0.407 e. The lowest BCUT2D eigenvalue weighted by Gasteiger charge is -2.31. The number of amides is 4. The fourth-order valence-corrected chi connectivity index (χ4v) is 6.61. The van der Waals surface area contributed by atoms with Crippen LogP contribution in [0.15, 0.2) is 53.9 Å². The number of ether oxygens (including phenoxy) is 3. The third kappa shape index (κ3) is 10.8. The summed E-state index contributed by atoms with van der Waals surface area (Å²) in [6, 6.07) is 7.16. The molecule has 2 aromatic rings. The van der Waals surface area contributed by atoms with E-state index in [1.54, 1.807) is 22.9 Å². The predicted molar refractivity (Wildman–Crippen MR) is 210 cm³/mol. The van der Waals surface area contributed by atoms with E-state index in [-0.39, 0.29) is 47.9 Å². The monoisotopic (exact) mass is 770 g/mol. The molecule has 5 atom stereocenters. The average molecular weight is 771 g/mol. The Kier molecular flexibility index (Phi) is 15.0. The van der Waals surface area contributed by atoms with Crippen LogP contribution in [-0.4, -0.2) is 101 Å². The zero-order valence-electron chi connectivity index (χ0n) is 33.3. The minimum atomic E-state index is -1.36. The first kappa shape index (κ1) is 42.8. The van der Waals surface area contributed by atoms with E-state index in [9.17, 15) is 19.2 Å². The lowest BCUT2D eigenvalue weighted by molar-refractivity contribution is -0.135. The Morgan fingerprint density at radius 3 is 2.16 bits per heavy atom. The first-order chi connectivity index (χ1) is 26.7. The van der Waals surface area contributed by atoms with Gasteiger partial charge in [0.15, 0.2) is 5.54 Å². The second-order valence-electron chi connectivity index (χ2n) is 14.6. The SMILES string of the molecule is C=C(OCc1ccccc1)C(C)(C#CC#Cc1cnc([C@@H]2CCCN2C(=O)[C@@H](NC(=O)OC)C(C)C)[nH]1)/N=C(\N)[C@@H]1CCCN1C(=O)[C@@H](NC(=O)OC)C(C)C. The third-order valence-electron chi connectivity index (χ3n) is 9.82. The van der Waals surface area contributed by atoms with E-state index in [0.717, 1.165) is 12.0 Å². The summed E-state index contributed by atoms with van der Waals surface area (Å²) in [5.74, 6) is 11.9. The summed E-state index contributed by atoms with van der Waals surface area (Å²) in [6.45, 7) is 14.5. The molecule has 1 aromatic carbocycles. The topological polar surface area (TPSA) is 194 Å². The number of aromatic nitrogens is 2. The van der Waals surface area contributed by atoms with Gasteiger partial charge in [0.2, 0.25) is 11.8 Å². The molecule has 15 nitrogen and oxygen atoms in total. The fraction of sp³-hybridized carbons (Fsp3) is 0.512. The van der Waals surface area contributed by atoms with E-state index in [0.29, 0.717) is 43.9 Å². The van der Waals surface area contributed by atoms with Gasteiger partial charge in [0, 0.05) is 13.1 Å². The van der Waals surface area contributed by atoms with E-state index >= 15 is 0 Å². The Bertz CT molecular complexity index is 1890. The number of nitrogens with zero attached hydrogens (tertiary/aromatic N) is 4. The molecule has 1 unspecified atom stereocenters. The van der Waals surface area contributed by atoms with E-state index in [2.05, 4.69) is 50.9 Å². The highest BCUT2D eigenvalue weighted by atomic mass is 16.5. The molecule has 4 amide bonds. The van der Waals surface area contributed by atoms with Crippen LogP contribution in [0.1, 0.15) is 83.4 Å². The number of likely N-dealkylation sites (tertiary alicyclic amines) is 2. The maximum atomic E-state index is 13.7. The van der Waals surface area contributed by atoms with Crippen molar-refractivity contribution in [2.75, 3.05) is 27.3 Å². The van der Waals surface area contributed by atoms with Crippen molar-refractivity contribution in [1.82, 2.24) is 30.4 Å². The number of methoxy groups -OCH3 is 2. The van der Waals surface area contributed by atoms with Gasteiger partial charge in [-0.25, -0.2) is 19.6 Å². The minimum absolute atomic E-state index is 0.156. The van der Waals surface area contributed by atoms with Crippen LogP contribution in [0.25, 0.3) is 0 Å². The molecule has 2 aliphatic heterocycles. The summed E-state index contributed by atoms with van der Waals surface area (Å²) in [4.78, 5) is 67.1. The molecule has 0 bridgehead atoms. The number of alkyl carbamates (subject to hydrolysis) is 2. The minimum Gasteiger partial charge on any atom is -0.490 e. The van der Waals surface area contributed by atoms with Crippen LogP contribution in [0.4, 0.5) is 9.59 Å². The molecule has 0 radical (unpaired) electrons. The van der Waals surface area contributed by atoms with Gasteiger partial charge in [-0.3, -0.25) is 9.59 Å². The summed E-state index contributed by atoms with van der Waals surface area (Å²) in [5.41, 5.74) is 6.73. The van der Waals surface area contributed by atoms with Crippen LogP contribution in [0.5, 0.6) is 0 Å². The molecular formula is C41H54N8O7. The van der Waals surface area contributed by atoms with Gasteiger partial charge in [-0.15, -0.1) is 0 Å². The molecule has 2 fully saturated rings. The molecule has 2 aliphatic rings. The molecule has 56 heavy (non-hydrogen) atoms. The number of carbonyl (C=O) groups excluding carboxylic acids is 4. The zero-order valence-corrected chi connectivity index (χ0v) is 33.3. The van der Waals surface area contributed by atoms with Crippen LogP contribution in [0.2, 0.25) is 0 Å². The van der Waals surface area contributed by atoms with Crippen LogP contribution in [0.3, 0.4) is 0 Å². The summed E-state index contributed by atoms with van der Waals surface area (Å²) in [5, 5.41) is 5.30. The lowest BCUT2D eigenvalue weighted by atomic mass is 10.0. The van der Waals surface area contributed by atoms with Crippen molar-refractivity contribution in [3.05, 3.63) is 65.9 Å². The molecule has 300 valence electrons. The number of benzene rings is 1. The van der Waals surface area contributed by atoms with Crippen molar-refractivity contribution in [2.24, 2.45) is 22.6 Å². The van der Waals surface area contributed by atoms with Gasteiger partial charge in [-0.2, -0.15) is 0 Å². The van der Waals surface area contributed by atoms with Crippen molar-refractivity contribution in [2.45, 2.75) is 96.6 Å². The number of aromatic amines is 1. The molecule has 3 heterocycles. The highest BCUT2D eigenvalue weighted by Gasteiger charge is 2.39. The van der Waals surface area contributed by atoms with Gasteiger partial charge in [0.25, 0.3) is 0 Å². The van der Waals surface area contributed by atoms with E-state index < -0.39 is 35.9 Å². The molecule has 5 N–H and O–H groups in total. The summed E-state index contributed by atoms with van der Waals surface area (Å²) < 4.78 is 15.6. The number of nitrogens with one attached hydrogen (secondary N) is 3. The number of nitrogens with two attached hydrogens (primary N) is 1. The predicted octanol–water partition coefficient (Wildman–Crippen LogP) is 4.03. The van der Waals surface area contributed by atoms with Crippen molar-refractivity contribution in [1.29, 1.82) is 0 Å². The maximum Gasteiger partial charge on any atom is 0.407 e. The highest BCUT2D eigenvalue weighted by Crippen LogP contribution is 2.31. The van der Waals surface area contributed by atoms with E-state index in [1.165, 1.54) is 14.2 Å². The highest BCUT2D eigenvalue weighted by molar-refractivity contribution is 5.94. The van der Waals surface area contributed by atoms with Gasteiger partial charge in [0.1, 0.15) is 41.8 Å². The number of hydrogen-bond acceptors (Lipinski definition) is 9. The molecule has 15 heteroatoms. The average Bonchev–Trinajstić information content (AvgIpc) is 3.98. The number of imidazole rings is 1. The van der Waals surface area contributed by atoms with Crippen molar-refractivity contribution in [3.63, 3.8) is 0 Å². The van der Waals surface area contributed by atoms with Crippen molar-refractivity contribution in [3.8, 4) is 23.7 Å². The van der Waals surface area contributed by atoms with Gasteiger partial charge in [-0.05, 0) is 67.8 Å². The molecular weight excluding hydrogens is 716 g/mol. The first-order valence-corrected chi connectivity index (χ1v) is 18.8. The second kappa shape index (κ2) is 19.6. The molecule has 0 saturated carbocycles. The Labute approximate surface area is 329 Å². The number of hydrogen-bond donors (Lipinski definition) is 4. The number of H-pyrrole nitrogens is 1. The summed E-state index contributed by atoms with van der Waals surface area (Å²) in [7, 11) is 2.51. The lowest BCUT2D eigenvalue weighted by Crippen LogP contribution is -2.55. The quantitative estimate of drug-likeness (QED) is 0.101. The van der Waals surface area contributed by atoms with E-state index in [4.69, 9.17) is 24.9 Å². The summed E-state index contributed by atoms with van der Waals surface area (Å²) in [6.07, 6.45) is 2.95. The van der Waals surface area contributed by atoms with Crippen molar-refractivity contribution < 1.29 is 33.4 Å². The Morgan fingerprint density at radius 1 is 0.964 bits per heavy atom. The largest absolute Gasteiger partial charge is 0.490 e. The van der Waals surface area contributed by atoms with Gasteiger partial charge < -0.3 is 45.4 Å². The molecule has 4 rings (SSSR count). The van der Waals surface area contributed by atoms with Gasteiger partial charge in [-0.1, -0.05) is 70.5 Å². The number of carbonyl (C=O) groups is 4. The third-order valence-corrected chi connectivity index (χ3v) is 9.82. The van der Waals surface area contributed by atoms with Crippen LogP contribution >= 0.6 is 0 Å². The van der Waals surface area contributed by atoms with Crippen LogP contribution in [0, 0.1) is 35.5 Å². The second-order valence-corrected chi connectivity index (χ2v) is 14.6. The Morgan fingerprint density at radius 2 is 1.55 bits per heavy atom. The van der Waals surface area contributed by atoms with Crippen molar-refractivity contribution >= 4 is 29.8 Å². The number of amidine groups is 1. The number of rotatable bonds is 13. The van der Waals surface area contributed by atoms with Gasteiger partial charge >= 0.3 is 12.2 Å². The van der Waals surface area contributed by atoms with Crippen LogP contribution in [-0.2, 0) is 30.4 Å². The van der Waals surface area contributed by atoms with E-state index in [1.807, 2.05) is 58.0 Å². The first-order valence-electron chi connectivity index (χ1n) is 18.8. The fourth-order valence-electron chi connectivity index (χ4n) is 6.61. The zero-order chi connectivity index (χ0) is 41.0. The maximum absolute atomic E-state index is 13.7. The Balaban J connectivity index is 1.58. The molecule has 0 spiro atoms. The molecule has 2 saturated heterocycles. The standard InChI is InChI=1S/C41H54N8O7/c1-26(2)33(45-39(52)54-7)37(50)48-22-14-19-31(48)35(42)47-41(6,28(5)56-25-29-16-10-9-11-17-29)21-13-12-18-30-24-43-36(44-30)32-20-15-23-49(32)38(51)34(27(3)4)46-40(53)55-8/h9-11,16-17,24,26-27,31-34H,5,14-15,19-20,22-23,25H2,1-4,6-8H3,(H2,42,47)(H,43,44)(H,45,52)(H,46,53)/t31-,32-,33-,34-,41?/m0/s1.